The average Bonchev–Trinajstić information content (AvgIpc) is 2.84. The van der Waals surface area contributed by atoms with Crippen molar-refractivity contribution < 1.29 is 10.2 Å². The summed E-state index contributed by atoms with van der Waals surface area (Å²) in [6.07, 6.45) is 2.46. The Kier molecular flexibility index (Phi) is 3.47. The van der Waals surface area contributed by atoms with Crippen LogP contribution < -0.4 is 0 Å². The molecule has 1 aliphatic carbocycles. The minimum Gasteiger partial charge on any atom is -0.389 e. The molecule has 2 atom stereocenters. The third-order valence-electron chi connectivity index (χ3n) is 4.13. The Morgan fingerprint density at radius 3 is 2.85 bits per heavy atom. The number of aromatic amines is 1. The molecule has 4 heteroatoms. The van der Waals surface area contributed by atoms with E-state index in [0.29, 0.717) is 5.56 Å². The highest BCUT2D eigenvalue weighted by molar-refractivity contribution is 5.85. The molecular weight excluding hydrogens is 252 g/mol. The van der Waals surface area contributed by atoms with Crippen LogP contribution in [0.2, 0.25) is 0 Å². The van der Waals surface area contributed by atoms with Crippen molar-refractivity contribution in [2.24, 2.45) is 0 Å². The van der Waals surface area contributed by atoms with Crippen LogP contribution in [0.5, 0.6) is 0 Å². The van der Waals surface area contributed by atoms with Gasteiger partial charge in [0.15, 0.2) is 0 Å². The molecule has 0 bridgehead atoms. The van der Waals surface area contributed by atoms with Gasteiger partial charge in [-0.05, 0) is 48.9 Å². The second-order valence-corrected chi connectivity index (χ2v) is 5.47. The van der Waals surface area contributed by atoms with Gasteiger partial charge in [0.25, 0.3) is 0 Å². The molecule has 1 aromatic heterocycles. The zero-order valence-corrected chi connectivity index (χ0v) is 11.3. The number of hydrogen-bond acceptors (Lipinski definition) is 3. The number of nitrogens with one attached hydrogen (secondary N) is 1. The number of benzene rings is 1. The fraction of sp³-hybridized carbons (Fsp3) is 0.438. The van der Waals surface area contributed by atoms with Crippen LogP contribution in [0.25, 0.3) is 10.9 Å². The van der Waals surface area contributed by atoms with E-state index in [4.69, 9.17) is 5.26 Å². The molecule has 0 aliphatic heterocycles. The summed E-state index contributed by atoms with van der Waals surface area (Å²) in [6, 6.07) is 7.59. The van der Waals surface area contributed by atoms with E-state index in [1.807, 2.05) is 24.3 Å². The minimum absolute atomic E-state index is 0.0650. The summed E-state index contributed by atoms with van der Waals surface area (Å²) in [6.45, 7) is 0. The quantitative estimate of drug-likeness (QED) is 0.801. The summed E-state index contributed by atoms with van der Waals surface area (Å²) >= 11 is 0. The number of aryl methyl sites for hydroxylation is 2. The average molecular weight is 270 g/mol. The van der Waals surface area contributed by atoms with Gasteiger partial charge in [0.05, 0.1) is 18.6 Å². The smallest absolute Gasteiger partial charge is 0.106 e. The zero-order valence-electron chi connectivity index (χ0n) is 11.3. The third kappa shape index (κ3) is 2.20. The first-order valence-corrected chi connectivity index (χ1v) is 7.07. The van der Waals surface area contributed by atoms with E-state index in [2.05, 4.69) is 4.98 Å². The van der Waals surface area contributed by atoms with Crippen LogP contribution >= 0.6 is 0 Å². The molecule has 4 nitrogen and oxygen atoms in total. The lowest BCUT2D eigenvalue weighted by Crippen LogP contribution is -2.17. The number of aliphatic hydroxyl groups excluding tert-OH is 2. The van der Waals surface area contributed by atoms with E-state index in [-0.39, 0.29) is 6.42 Å². The van der Waals surface area contributed by atoms with Gasteiger partial charge in [-0.25, -0.2) is 0 Å². The predicted octanol–water partition coefficient (Wildman–Crippen LogP) is 2.35. The zero-order chi connectivity index (χ0) is 14.1. The van der Waals surface area contributed by atoms with Crippen molar-refractivity contribution in [1.29, 1.82) is 5.26 Å². The first-order chi connectivity index (χ1) is 9.70. The number of aliphatic hydroxyl groups is 2. The van der Waals surface area contributed by atoms with Crippen molar-refractivity contribution in [2.45, 2.75) is 44.3 Å². The Hall–Kier alpha value is -1.83. The highest BCUT2D eigenvalue weighted by atomic mass is 16.3. The van der Waals surface area contributed by atoms with Crippen LogP contribution in [-0.2, 0) is 12.8 Å². The fourth-order valence-corrected chi connectivity index (χ4v) is 3.03. The monoisotopic (exact) mass is 270 g/mol. The number of rotatable bonds is 3. The summed E-state index contributed by atoms with van der Waals surface area (Å²) < 4.78 is 0. The van der Waals surface area contributed by atoms with Gasteiger partial charge >= 0.3 is 0 Å². The summed E-state index contributed by atoms with van der Waals surface area (Å²) in [4.78, 5) is 3.44. The molecule has 0 amide bonds. The van der Waals surface area contributed by atoms with Crippen LogP contribution in [0, 0.1) is 11.3 Å². The molecule has 1 heterocycles. The lowest BCUT2D eigenvalue weighted by Gasteiger charge is -2.16. The molecule has 0 saturated heterocycles. The molecule has 0 spiro atoms. The summed E-state index contributed by atoms with van der Waals surface area (Å²) in [5.74, 6) is 0. The maximum atomic E-state index is 10.1. The number of aromatic nitrogens is 1. The second-order valence-electron chi connectivity index (χ2n) is 5.47. The number of fused-ring (bicyclic) bond motifs is 3. The molecule has 104 valence electrons. The predicted molar refractivity (Wildman–Crippen MR) is 76.1 cm³/mol. The largest absolute Gasteiger partial charge is 0.389 e. The normalized spacial score (nSPS) is 17.4. The van der Waals surface area contributed by atoms with Gasteiger partial charge in [0.2, 0.25) is 0 Å². The van der Waals surface area contributed by atoms with Gasteiger partial charge in [-0.1, -0.05) is 6.07 Å². The van der Waals surface area contributed by atoms with Crippen molar-refractivity contribution in [3.8, 4) is 6.07 Å². The van der Waals surface area contributed by atoms with Crippen molar-refractivity contribution in [1.82, 2.24) is 4.98 Å². The van der Waals surface area contributed by atoms with Gasteiger partial charge in [-0.3, -0.25) is 0 Å². The maximum Gasteiger partial charge on any atom is 0.106 e. The Morgan fingerprint density at radius 2 is 2.05 bits per heavy atom. The number of H-pyrrole nitrogens is 1. The Morgan fingerprint density at radius 1 is 1.25 bits per heavy atom. The molecule has 0 saturated carbocycles. The molecule has 2 aromatic rings. The van der Waals surface area contributed by atoms with Crippen molar-refractivity contribution in [3.63, 3.8) is 0 Å². The molecule has 0 radical (unpaired) electrons. The topological polar surface area (TPSA) is 80.0 Å². The minimum atomic E-state index is -1.03. The molecule has 3 rings (SSSR count). The lowest BCUT2D eigenvalue weighted by atomic mass is 9.94. The third-order valence-corrected chi connectivity index (χ3v) is 4.13. The van der Waals surface area contributed by atoms with Gasteiger partial charge in [0, 0.05) is 16.6 Å². The van der Waals surface area contributed by atoms with Gasteiger partial charge in [-0.2, -0.15) is 5.26 Å². The number of hydrogen-bond donors (Lipinski definition) is 3. The Labute approximate surface area is 117 Å². The highest BCUT2D eigenvalue weighted by Gasteiger charge is 2.20. The summed E-state index contributed by atoms with van der Waals surface area (Å²) in [5, 5.41) is 29.6. The van der Waals surface area contributed by atoms with E-state index in [1.165, 1.54) is 24.1 Å². The van der Waals surface area contributed by atoms with Crippen LogP contribution in [-0.4, -0.2) is 21.3 Å². The van der Waals surface area contributed by atoms with Crippen LogP contribution in [0.4, 0.5) is 0 Å². The Bertz CT molecular complexity index is 669. The first kappa shape index (κ1) is 13.2. The van der Waals surface area contributed by atoms with E-state index < -0.39 is 12.2 Å². The summed E-state index contributed by atoms with van der Waals surface area (Å²) in [5.41, 5.74) is 4.40. The molecule has 2 unspecified atom stereocenters. The standard InChI is InChI=1S/C16H18N2O2/c17-8-7-15(19)16(20)10-5-6-14-12(9-10)11-3-1-2-4-13(11)18-14/h5-6,9,15-16,18-20H,1-4,7H2. The summed E-state index contributed by atoms with van der Waals surface area (Å²) in [7, 11) is 0. The number of nitrogens with zero attached hydrogens (tertiary/aromatic N) is 1. The molecule has 20 heavy (non-hydrogen) atoms. The van der Waals surface area contributed by atoms with Crippen LogP contribution in [0.15, 0.2) is 18.2 Å². The molecular formula is C16H18N2O2. The van der Waals surface area contributed by atoms with Crippen LogP contribution in [0.1, 0.15) is 42.2 Å². The van der Waals surface area contributed by atoms with Crippen molar-refractivity contribution in [3.05, 3.63) is 35.0 Å². The highest BCUT2D eigenvalue weighted by Crippen LogP contribution is 2.31. The SMILES string of the molecule is N#CCC(O)C(O)c1ccc2[nH]c3c(c2c1)CCCC3. The first-order valence-electron chi connectivity index (χ1n) is 7.07. The second kappa shape index (κ2) is 5.28. The Balaban J connectivity index is 2.00. The number of nitriles is 1. The van der Waals surface area contributed by atoms with Gasteiger partial charge < -0.3 is 15.2 Å². The van der Waals surface area contributed by atoms with E-state index in [9.17, 15) is 10.2 Å². The van der Waals surface area contributed by atoms with E-state index >= 15 is 0 Å². The van der Waals surface area contributed by atoms with E-state index in [1.54, 1.807) is 0 Å². The van der Waals surface area contributed by atoms with Crippen molar-refractivity contribution >= 4 is 10.9 Å². The van der Waals surface area contributed by atoms with E-state index in [0.717, 1.165) is 23.7 Å². The molecule has 3 N–H and O–H groups in total. The molecule has 1 aromatic carbocycles. The van der Waals surface area contributed by atoms with Crippen molar-refractivity contribution in [2.75, 3.05) is 0 Å². The van der Waals surface area contributed by atoms with Gasteiger partial charge in [-0.15, -0.1) is 0 Å². The molecule has 0 fully saturated rings. The molecule has 1 aliphatic rings. The maximum absolute atomic E-state index is 10.1. The van der Waals surface area contributed by atoms with Gasteiger partial charge in [0.1, 0.15) is 6.10 Å². The fourth-order valence-electron chi connectivity index (χ4n) is 3.03. The lowest BCUT2D eigenvalue weighted by molar-refractivity contribution is 0.0217. The van der Waals surface area contributed by atoms with Crippen LogP contribution in [0.3, 0.4) is 0 Å².